The van der Waals surface area contributed by atoms with Crippen LogP contribution in [0.3, 0.4) is 0 Å². The van der Waals surface area contributed by atoms with Crippen molar-refractivity contribution in [2.75, 3.05) is 0 Å². The molecule has 0 radical (unpaired) electrons. The first-order chi connectivity index (χ1) is 9.66. The minimum Gasteiger partial charge on any atom is -0.501 e. The zero-order chi connectivity index (χ0) is 14.1. The van der Waals surface area contributed by atoms with Gasteiger partial charge in [0, 0.05) is 0 Å². The Morgan fingerprint density at radius 3 is 1.80 bits per heavy atom. The van der Waals surface area contributed by atoms with Crippen molar-refractivity contribution in [3.63, 3.8) is 0 Å². The van der Waals surface area contributed by atoms with Crippen molar-refractivity contribution in [1.82, 2.24) is 0 Å². The number of rotatable bonds is 2. The third-order valence-electron chi connectivity index (χ3n) is 3.10. The molecule has 0 bridgehead atoms. The van der Waals surface area contributed by atoms with E-state index in [4.69, 9.17) is 0 Å². The number of cyclic esters (lactones) is 2. The van der Waals surface area contributed by atoms with Gasteiger partial charge in [0.1, 0.15) is 5.57 Å². The molecule has 0 aromatic heterocycles. The zero-order valence-corrected chi connectivity index (χ0v) is 10.4. The predicted molar refractivity (Wildman–Crippen MR) is 72.5 cm³/mol. The second-order valence-electron chi connectivity index (χ2n) is 4.34. The maximum atomic E-state index is 11.5. The summed E-state index contributed by atoms with van der Waals surface area (Å²) in [6, 6.07) is 16.7. The highest BCUT2D eigenvalue weighted by Gasteiger charge is 2.33. The summed E-state index contributed by atoms with van der Waals surface area (Å²) in [7, 11) is 0. The maximum Gasteiger partial charge on any atom is 0.382 e. The normalized spacial score (nSPS) is 14.6. The van der Waals surface area contributed by atoms with E-state index in [2.05, 4.69) is 4.74 Å². The van der Waals surface area contributed by atoms with Crippen LogP contribution in [0.15, 0.2) is 60.4 Å². The van der Waals surface area contributed by atoms with E-state index >= 15 is 0 Å². The minimum absolute atomic E-state index is 0.0883. The third kappa shape index (κ3) is 1.97. The summed E-state index contributed by atoms with van der Waals surface area (Å²) in [5.41, 5.74) is 2.39. The van der Waals surface area contributed by atoms with Crippen molar-refractivity contribution >= 4 is 17.5 Å². The number of benzene rings is 2. The van der Waals surface area contributed by atoms with Crippen molar-refractivity contribution < 1.29 is 19.4 Å². The Bertz CT molecular complexity index is 712. The van der Waals surface area contributed by atoms with Crippen molar-refractivity contribution in [3.8, 4) is 11.1 Å². The maximum absolute atomic E-state index is 11.5. The number of ether oxygens (including phenoxy) is 1. The smallest absolute Gasteiger partial charge is 0.382 e. The molecule has 0 saturated carbocycles. The van der Waals surface area contributed by atoms with Crippen molar-refractivity contribution in [2.45, 2.75) is 0 Å². The molecule has 0 aliphatic carbocycles. The molecule has 3 rings (SSSR count). The Morgan fingerprint density at radius 1 is 0.700 bits per heavy atom. The van der Waals surface area contributed by atoms with Gasteiger partial charge < -0.3 is 9.84 Å². The van der Waals surface area contributed by atoms with Crippen LogP contribution in [0, 0.1) is 0 Å². The van der Waals surface area contributed by atoms with E-state index < -0.39 is 17.7 Å². The largest absolute Gasteiger partial charge is 0.501 e. The Balaban J connectivity index is 1.99. The lowest BCUT2D eigenvalue weighted by molar-refractivity contribution is -0.151. The van der Waals surface area contributed by atoms with Crippen LogP contribution in [-0.4, -0.2) is 17.0 Å². The predicted octanol–water partition coefficient (Wildman–Crippen LogP) is 2.71. The first-order valence-corrected chi connectivity index (χ1v) is 6.02. The van der Waals surface area contributed by atoms with E-state index in [0.29, 0.717) is 5.56 Å². The highest BCUT2D eigenvalue weighted by molar-refractivity contribution is 6.29. The molecule has 0 atom stereocenters. The van der Waals surface area contributed by atoms with Crippen LogP contribution in [0.1, 0.15) is 5.56 Å². The molecule has 2 aromatic rings. The van der Waals surface area contributed by atoms with E-state index in [1.54, 1.807) is 12.1 Å². The quantitative estimate of drug-likeness (QED) is 0.670. The van der Waals surface area contributed by atoms with Gasteiger partial charge in [0.2, 0.25) is 5.76 Å². The van der Waals surface area contributed by atoms with Crippen LogP contribution in [0.5, 0.6) is 0 Å². The van der Waals surface area contributed by atoms with Gasteiger partial charge in [-0.15, -0.1) is 0 Å². The van der Waals surface area contributed by atoms with Gasteiger partial charge in [0.15, 0.2) is 0 Å². The number of carbonyl (C=O) groups is 2. The number of carbonyl (C=O) groups excluding carboxylic acids is 2. The molecule has 1 aliphatic heterocycles. The average Bonchev–Trinajstić information content (AvgIpc) is 2.73. The van der Waals surface area contributed by atoms with Gasteiger partial charge in [0.25, 0.3) is 0 Å². The van der Waals surface area contributed by atoms with E-state index in [-0.39, 0.29) is 5.57 Å². The molecule has 1 N–H and O–H groups in total. The lowest BCUT2D eigenvalue weighted by Crippen LogP contribution is -2.01. The summed E-state index contributed by atoms with van der Waals surface area (Å²) < 4.78 is 4.35. The molecular formula is C16H10O4. The number of aliphatic hydroxyl groups is 1. The monoisotopic (exact) mass is 266 g/mol. The van der Waals surface area contributed by atoms with Gasteiger partial charge in [-0.05, 0) is 16.7 Å². The standard InChI is InChI=1S/C16H10O4/c17-14-13(15(18)20-16(14)19)12-8-6-11(7-9-12)10-4-2-1-3-5-10/h1-9,17H. The van der Waals surface area contributed by atoms with Gasteiger partial charge in [-0.1, -0.05) is 54.6 Å². The lowest BCUT2D eigenvalue weighted by Gasteiger charge is -2.03. The van der Waals surface area contributed by atoms with E-state index in [1.165, 1.54) is 0 Å². The van der Waals surface area contributed by atoms with Crippen molar-refractivity contribution in [3.05, 3.63) is 65.9 Å². The van der Waals surface area contributed by atoms with Gasteiger partial charge >= 0.3 is 11.9 Å². The van der Waals surface area contributed by atoms with Crippen LogP contribution in [0.2, 0.25) is 0 Å². The van der Waals surface area contributed by atoms with E-state index in [1.807, 2.05) is 42.5 Å². The second kappa shape index (κ2) is 4.66. The Kier molecular flexibility index (Phi) is 2.84. The Hall–Kier alpha value is -2.88. The highest BCUT2D eigenvalue weighted by atomic mass is 16.6. The lowest BCUT2D eigenvalue weighted by atomic mass is 10.0. The van der Waals surface area contributed by atoms with Crippen molar-refractivity contribution in [2.24, 2.45) is 0 Å². The van der Waals surface area contributed by atoms with Crippen LogP contribution in [0.25, 0.3) is 16.7 Å². The van der Waals surface area contributed by atoms with Gasteiger partial charge in [-0.2, -0.15) is 0 Å². The molecule has 20 heavy (non-hydrogen) atoms. The van der Waals surface area contributed by atoms with Crippen LogP contribution >= 0.6 is 0 Å². The van der Waals surface area contributed by atoms with Crippen molar-refractivity contribution in [1.29, 1.82) is 0 Å². The zero-order valence-electron chi connectivity index (χ0n) is 10.4. The van der Waals surface area contributed by atoms with E-state index in [9.17, 15) is 14.7 Å². The molecular weight excluding hydrogens is 256 g/mol. The van der Waals surface area contributed by atoms with Crippen LogP contribution in [0.4, 0.5) is 0 Å². The van der Waals surface area contributed by atoms with E-state index in [0.717, 1.165) is 11.1 Å². The van der Waals surface area contributed by atoms with Gasteiger partial charge in [-0.25, -0.2) is 9.59 Å². The summed E-state index contributed by atoms with van der Waals surface area (Å²) in [6.07, 6.45) is 0. The molecule has 4 heteroatoms. The topological polar surface area (TPSA) is 63.6 Å². The molecule has 0 saturated heterocycles. The molecule has 1 aliphatic rings. The third-order valence-corrected chi connectivity index (χ3v) is 3.10. The summed E-state index contributed by atoms with van der Waals surface area (Å²) in [6.45, 7) is 0. The van der Waals surface area contributed by atoms with Gasteiger partial charge in [0.05, 0.1) is 0 Å². The fourth-order valence-electron chi connectivity index (χ4n) is 2.10. The fraction of sp³-hybridized carbons (Fsp3) is 0. The summed E-state index contributed by atoms with van der Waals surface area (Å²) >= 11 is 0. The number of hydrogen-bond donors (Lipinski definition) is 1. The summed E-state index contributed by atoms with van der Waals surface area (Å²) in [4.78, 5) is 22.6. The molecule has 1 heterocycles. The Labute approximate surface area is 114 Å². The molecule has 4 nitrogen and oxygen atoms in total. The number of aliphatic hydroxyl groups excluding tert-OH is 1. The first-order valence-electron chi connectivity index (χ1n) is 6.02. The van der Waals surface area contributed by atoms with Crippen LogP contribution in [-0.2, 0) is 14.3 Å². The molecule has 98 valence electrons. The Morgan fingerprint density at radius 2 is 1.25 bits per heavy atom. The molecule has 2 aromatic carbocycles. The average molecular weight is 266 g/mol. The fourth-order valence-corrected chi connectivity index (χ4v) is 2.10. The minimum atomic E-state index is -1.00. The molecule has 0 unspecified atom stereocenters. The van der Waals surface area contributed by atoms with Gasteiger partial charge in [-0.3, -0.25) is 0 Å². The SMILES string of the molecule is O=C1OC(=O)C(c2ccc(-c3ccccc3)cc2)=C1O. The first kappa shape index (κ1) is 12.2. The molecule has 0 amide bonds. The highest BCUT2D eigenvalue weighted by Crippen LogP contribution is 2.28. The number of hydrogen-bond acceptors (Lipinski definition) is 4. The summed E-state index contributed by atoms with van der Waals surface area (Å²) in [5.74, 6) is -2.46. The second-order valence-corrected chi connectivity index (χ2v) is 4.34. The number of esters is 2. The summed E-state index contributed by atoms with van der Waals surface area (Å²) in [5, 5.41) is 9.55. The van der Waals surface area contributed by atoms with Crippen LogP contribution < -0.4 is 0 Å². The molecule has 0 spiro atoms. The molecule has 0 fully saturated rings.